The monoisotopic (exact) mass is 390 g/mol. The summed E-state index contributed by atoms with van der Waals surface area (Å²) < 4.78 is 26.4. The van der Waals surface area contributed by atoms with Gasteiger partial charge in [0, 0.05) is 37.5 Å². The van der Waals surface area contributed by atoms with E-state index in [1.807, 2.05) is 0 Å². The maximum absolute atomic E-state index is 13.5. The normalized spacial score (nSPS) is 10.1. The summed E-state index contributed by atoms with van der Waals surface area (Å²) in [7, 11) is 1.49. The average molecular weight is 390 g/mol. The molecule has 2 aromatic rings. The van der Waals surface area contributed by atoms with Gasteiger partial charge in [-0.15, -0.1) is 0 Å². The highest BCUT2D eigenvalue weighted by molar-refractivity contribution is 5.95. The minimum Gasteiger partial charge on any atom is -0.352 e. The maximum atomic E-state index is 13.5. The van der Waals surface area contributed by atoms with Gasteiger partial charge in [-0.3, -0.25) is 9.59 Å². The number of rotatable bonds is 7. The van der Waals surface area contributed by atoms with Crippen molar-refractivity contribution in [3.63, 3.8) is 0 Å². The predicted molar refractivity (Wildman–Crippen MR) is 101 cm³/mol. The Morgan fingerprint density at radius 1 is 0.964 bits per heavy atom. The molecule has 148 valence electrons. The molecule has 0 atom stereocenters. The molecule has 0 aromatic heterocycles. The van der Waals surface area contributed by atoms with Crippen molar-refractivity contribution in [3.05, 3.63) is 59.7 Å². The molecular formula is C19H20F2N4O3. The largest absolute Gasteiger partial charge is 0.352 e. The first-order chi connectivity index (χ1) is 13.4. The number of hydrogen-bond acceptors (Lipinski definition) is 3. The number of nitrogens with one attached hydrogen (secondary N) is 4. The molecule has 0 radical (unpaired) electrons. The van der Waals surface area contributed by atoms with Gasteiger partial charge >= 0.3 is 6.03 Å². The van der Waals surface area contributed by atoms with Crippen LogP contribution in [0.5, 0.6) is 0 Å². The summed E-state index contributed by atoms with van der Waals surface area (Å²) in [4.78, 5) is 35.1. The fourth-order valence-corrected chi connectivity index (χ4v) is 2.31. The fraction of sp³-hybridized carbons (Fsp3) is 0.211. The Bertz CT molecular complexity index is 874. The van der Waals surface area contributed by atoms with Crippen molar-refractivity contribution < 1.29 is 23.2 Å². The molecule has 9 heteroatoms. The second-order valence-electron chi connectivity index (χ2n) is 5.82. The number of urea groups is 1. The van der Waals surface area contributed by atoms with E-state index in [9.17, 15) is 23.2 Å². The second kappa shape index (κ2) is 10.0. The third-order valence-electron chi connectivity index (χ3n) is 3.67. The molecule has 0 unspecified atom stereocenters. The van der Waals surface area contributed by atoms with Crippen molar-refractivity contribution in [3.8, 4) is 0 Å². The van der Waals surface area contributed by atoms with Crippen molar-refractivity contribution >= 4 is 29.2 Å². The van der Waals surface area contributed by atoms with E-state index in [-0.39, 0.29) is 30.5 Å². The van der Waals surface area contributed by atoms with Crippen molar-refractivity contribution in [1.29, 1.82) is 0 Å². The molecule has 2 aromatic carbocycles. The van der Waals surface area contributed by atoms with Crippen LogP contribution in [0.15, 0.2) is 42.5 Å². The van der Waals surface area contributed by atoms with E-state index in [0.29, 0.717) is 23.9 Å². The first-order valence-electron chi connectivity index (χ1n) is 8.51. The third-order valence-corrected chi connectivity index (χ3v) is 3.67. The maximum Gasteiger partial charge on any atom is 0.318 e. The highest BCUT2D eigenvalue weighted by Gasteiger charge is 2.12. The molecule has 0 saturated heterocycles. The van der Waals surface area contributed by atoms with E-state index >= 15 is 0 Å². The summed E-state index contributed by atoms with van der Waals surface area (Å²) in [5.74, 6) is -2.66. The number of carbonyl (C=O) groups is 3. The highest BCUT2D eigenvalue weighted by Crippen LogP contribution is 2.15. The standard InChI is InChI=1S/C19H20F2N4O3/c1-22-19(28)25-14-5-2-4-13(11-14)24-17(26)6-3-9-23-18(27)15-8-7-12(20)10-16(15)21/h2,4-5,7-8,10-11H,3,6,9H2,1H3,(H,23,27)(H,24,26)(H2,22,25,28). The summed E-state index contributed by atoms with van der Waals surface area (Å²) in [6.07, 6.45) is 0.454. The van der Waals surface area contributed by atoms with Gasteiger partial charge < -0.3 is 21.3 Å². The van der Waals surface area contributed by atoms with E-state index in [4.69, 9.17) is 0 Å². The zero-order valence-corrected chi connectivity index (χ0v) is 15.1. The van der Waals surface area contributed by atoms with Gasteiger partial charge in [-0.05, 0) is 36.8 Å². The van der Waals surface area contributed by atoms with E-state index in [2.05, 4.69) is 21.3 Å². The molecule has 4 N–H and O–H groups in total. The Kier molecular flexibility index (Phi) is 7.44. The molecule has 0 aliphatic rings. The van der Waals surface area contributed by atoms with E-state index in [1.54, 1.807) is 24.3 Å². The lowest BCUT2D eigenvalue weighted by Crippen LogP contribution is -2.26. The fourth-order valence-electron chi connectivity index (χ4n) is 2.31. The van der Waals surface area contributed by atoms with Crippen molar-refractivity contribution in [2.45, 2.75) is 12.8 Å². The van der Waals surface area contributed by atoms with Crippen LogP contribution < -0.4 is 21.3 Å². The highest BCUT2D eigenvalue weighted by atomic mass is 19.1. The first kappa shape index (κ1) is 20.8. The Morgan fingerprint density at radius 2 is 1.68 bits per heavy atom. The van der Waals surface area contributed by atoms with Gasteiger partial charge in [-0.2, -0.15) is 0 Å². The molecule has 28 heavy (non-hydrogen) atoms. The minimum atomic E-state index is -0.944. The summed E-state index contributed by atoms with van der Waals surface area (Å²) in [5.41, 5.74) is 0.772. The van der Waals surface area contributed by atoms with Gasteiger partial charge in [0.15, 0.2) is 0 Å². The van der Waals surface area contributed by atoms with Crippen LogP contribution in [0, 0.1) is 11.6 Å². The third kappa shape index (κ3) is 6.35. The molecule has 0 saturated carbocycles. The van der Waals surface area contributed by atoms with Crippen LogP contribution in [0.25, 0.3) is 0 Å². The van der Waals surface area contributed by atoms with Crippen LogP contribution >= 0.6 is 0 Å². The summed E-state index contributed by atoms with van der Waals surface area (Å²) in [5, 5.41) is 10.2. The Morgan fingerprint density at radius 3 is 2.36 bits per heavy atom. The van der Waals surface area contributed by atoms with Crippen molar-refractivity contribution in [1.82, 2.24) is 10.6 Å². The lowest BCUT2D eigenvalue weighted by molar-refractivity contribution is -0.116. The predicted octanol–water partition coefficient (Wildman–Crippen LogP) is 2.86. The number of amides is 4. The SMILES string of the molecule is CNC(=O)Nc1cccc(NC(=O)CCCNC(=O)c2ccc(F)cc2F)c1. The van der Waals surface area contributed by atoms with E-state index in [0.717, 1.165) is 12.1 Å². The van der Waals surface area contributed by atoms with Crippen LogP contribution in [0.3, 0.4) is 0 Å². The number of halogens is 2. The summed E-state index contributed by atoms with van der Waals surface area (Å²) >= 11 is 0. The molecule has 4 amide bonds. The second-order valence-corrected chi connectivity index (χ2v) is 5.82. The van der Waals surface area contributed by atoms with Crippen LogP contribution in [0.1, 0.15) is 23.2 Å². The molecule has 7 nitrogen and oxygen atoms in total. The molecule has 0 bridgehead atoms. The van der Waals surface area contributed by atoms with Crippen LogP contribution in [-0.4, -0.2) is 31.4 Å². The number of hydrogen-bond donors (Lipinski definition) is 4. The quantitative estimate of drug-likeness (QED) is 0.547. The molecule has 0 spiro atoms. The molecule has 0 aliphatic carbocycles. The van der Waals surface area contributed by atoms with Crippen LogP contribution in [0.4, 0.5) is 25.0 Å². The first-order valence-corrected chi connectivity index (χ1v) is 8.51. The Labute approximate surface area is 160 Å². The minimum absolute atomic E-state index is 0.124. The Hall–Kier alpha value is -3.49. The van der Waals surface area contributed by atoms with E-state index in [1.165, 1.54) is 7.05 Å². The van der Waals surface area contributed by atoms with Gasteiger partial charge in [0.2, 0.25) is 5.91 Å². The summed E-state index contributed by atoms with van der Waals surface area (Å²) in [6, 6.07) is 8.95. The van der Waals surface area contributed by atoms with Gasteiger partial charge in [-0.25, -0.2) is 13.6 Å². The van der Waals surface area contributed by atoms with Gasteiger partial charge in [0.1, 0.15) is 11.6 Å². The van der Waals surface area contributed by atoms with Crippen LogP contribution in [-0.2, 0) is 4.79 Å². The van der Waals surface area contributed by atoms with Gasteiger partial charge in [-0.1, -0.05) is 6.07 Å². The lowest BCUT2D eigenvalue weighted by atomic mass is 10.2. The zero-order valence-electron chi connectivity index (χ0n) is 15.1. The Balaban J connectivity index is 1.76. The summed E-state index contributed by atoms with van der Waals surface area (Å²) in [6.45, 7) is 0.154. The van der Waals surface area contributed by atoms with E-state index < -0.39 is 17.5 Å². The molecule has 0 fully saturated rings. The molecular weight excluding hydrogens is 370 g/mol. The van der Waals surface area contributed by atoms with Crippen molar-refractivity contribution in [2.75, 3.05) is 24.2 Å². The lowest BCUT2D eigenvalue weighted by Gasteiger charge is -2.09. The number of benzene rings is 2. The smallest absolute Gasteiger partial charge is 0.318 e. The molecule has 2 rings (SSSR count). The van der Waals surface area contributed by atoms with Gasteiger partial charge in [0.25, 0.3) is 5.91 Å². The van der Waals surface area contributed by atoms with Crippen LogP contribution in [0.2, 0.25) is 0 Å². The van der Waals surface area contributed by atoms with Crippen molar-refractivity contribution in [2.24, 2.45) is 0 Å². The number of anilines is 2. The zero-order chi connectivity index (χ0) is 20.5. The number of carbonyl (C=O) groups excluding carboxylic acids is 3. The average Bonchev–Trinajstić information content (AvgIpc) is 2.65. The molecule has 0 heterocycles. The molecule has 0 aliphatic heterocycles. The topological polar surface area (TPSA) is 99.3 Å². The van der Waals surface area contributed by atoms with Gasteiger partial charge in [0.05, 0.1) is 5.56 Å².